The van der Waals surface area contributed by atoms with Crippen molar-refractivity contribution in [3.63, 3.8) is 0 Å². The van der Waals surface area contributed by atoms with Crippen LogP contribution in [0.25, 0.3) is 0 Å². The minimum atomic E-state index is -0.293. The molecule has 0 aliphatic rings. The van der Waals surface area contributed by atoms with Gasteiger partial charge in [-0.3, -0.25) is 4.79 Å². The zero-order valence-corrected chi connectivity index (χ0v) is 4.37. The Hall–Kier alpha value is -0.0501. The van der Waals surface area contributed by atoms with E-state index in [2.05, 4.69) is 17.1 Å². The molecule has 0 fully saturated rings. The summed E-state index contributed by atoms with van der Waals surface area (Å²) in [6, 6.07) is 0. The second kappa shape index (κ2) is 3.15. The van der Waals surface area contributed by atoms with E-state index in [1.807, 2.05) is 0 Å². The summed E-state index contributed by atoms with van der Waals surface area (Å²) < 4.78 is 4.18. The lowest BCUT2D eigenvalue weighted by Gasteiger charge is -1.87. The highest BCUT2D eigenvalue weighted by atomic mass is 32.1. The summed E-state index contributed by atoms with van der Waals surface area (Å²) in [7, 11) is 1.33. The van der Waals surface area contributed by atoms with Crippen molar-refractivity contribution in [2.75, 3.05) is 0 Å². The molecule has 0 N–H and O–H groups in total. The standard InChI is InChI=1S/CH4B2O2S/c2-5-1(4)3-6/h3,6H,2H2. The average molecular weight is 102 g/mol. The first-order chi connectivity index (χ1) is 2.81. The van der Waals surface area contributed by atoms with Gasteiger partial charge in [0, 0.05) is 0 Å². The molecule has 0 aromatic carbocycles. The largest absolute Gasteiger partial charge is 0.551 e. The van der Waals surface area contributed by atoms with Crippen LogP contribution in [0.1, 0.15) is 0 Å². The smallest absolute Gasteiger partial charge is 0.324 e. The number of hydrogen-bond donors (Lipinski definition) is 1. The Morgan fingerprint density at radius 2 is 2.50 bits per heavy atom. The van der Waals surface area contributed by atoms with Crippen LogP contribution in [0.4, 0.5) is 4.79 Å². The van der Waals surface area contributed by atoms with Gasteiger partial charge in [0.2, 0.25) is 5.87 Å². The molecule has 5 heteroatoms. The van der Waals surface area contributed by atoms with Crippen molar-refractivity contribution < 1.29 is 9.45 Å². The van der Waals surface area contributed by atoms with Gasteiger partial charge in [-0.15, -0.1) is 0 Å². The van der Waals surface area contributed by atoms with Crippen LogP contribution >= 0.6 is 12.5 Å². The maximum absolute atomic E-state index is 9.88. The fourth-order valence-corrected chi connectivity index (χ4v) is 0.194. The third kappa shape index (κ3) is 2.20. The molecule has 0 spiro atoms. The highest BCUT2D eigenvalue weighted by Gasteiger charge is 1.91. The molecule has 0 unspecified atom stereocenters. The molecule has 2 nitrogen and oxygen atoms in total. The summed E-state index contributed by atoms with van der Waals surface area (Å²) in [6.45, 7) is 0.163. The zero-order valence-electron chi connectivity index (χ0n) is 3.47. The molecule has 0 saturated carbocycles. The van der Waals surface area contributed by atoms with Gasteiger partial charge < -0.3 is 4.65 Å². The molecule has 0 aromatic rings. The van der Waals surface area contributed by atoms with E-state index < -0.39 is 0 Å². The number of rotatable bonds is 1. The van der Waals surface area contributed by atoms with E-state index in [1.165, 1.54) is 8.05 Å². The second-order valence-electron chi connectivity index (χ2n) is 0.734. The topological polar surface area (TPSA) is 26.3 Å². The fourth-order valence-electron chi connectivity index (χ4n) is 0.0645. The molecule has 0 bridgehead atoms. The summed E-state index contributed by atoms with van der Waals surface area (Å²) >= 11 is 3.62. The van der Waals surface area contributed by atoms with Crippen LogP contribution in [0, 0.1) is 0 Å². The van der Waals surface area contributed by atoms with E-state index in [0.717, 1.165) is 0 Å². The molecule has 0 aliphatic heterocycles. The van der Waals surface area contributed by atoms with Gasteiger partial charge in [0.25, 0.3) is 0 Å². The van der Waals surface area contributed by atoms with Crippen LogP contribution in [0.5, 0.6) is 0 Å². The lowest BCUT2D eigenvalue weighted by Crippen LogP contribution is -2.02. The number of carbonyl (C=O) groups is 1. The van der Waals surface area contributed by atoms with Crippen molar-refractivity contribution in [2.24, 2.45) is 0 Å². The summed E-state index contributed by atoms with van der Waals surface area (Å²) in [6.07, 6.45) is 0. The highest BCUT2D eigenvalue weighted by molar-refractivity contribution is 8.09. The SMILES string of the molecule is BOC(=O)BS. The molecule has 0 aliphatic carbocycles. The quantitative estimate of drug-likeness (QED) is 0.337. The Morgan fingerprint density at radius 1 is 2.00 bits per heavy atom. The summed E-state index contributed by atoms with van der Waals surface area (Å²) in [5.74, 6) is -0.293. The van der Waals surface area contributed by atoms with Gasteiger partial charge in [-0.25, -0.2) is 12.5 Å². The van der Waals surface area contributed by atoms with Crippen molar-refractivity contribution in [1.82, 2.24) is 0 Å². The van der Waals surface area contributed by atoms with Crippen LogP contribution in [0.15, 0.2) is 0 Å². The molecule has 0 heterocycles. The summed E-state index contributed by atoms with van der Waals surface area (Å²) in [5.41, 5.74) is 0. The molecule has 0 atom stereocenters. The lowest BCUT2D eigenvalue weighted by atomic mass is 10.1. The maximum atomic E-state index is 9.88. The molecule has 6 heavy (non-hydrogen) atoms. The number of thiol groups is 1. The van der Waals surface area contributed by atoms with Crippen molar-refractivity contribution in [3.8, 4) is 0 Å². The van der Waals surface area contributed by atoms with E-state index in [4.69, 9.17) is 0 Å². The molecule has 0 amide bonds. The Balaban J connectivity index is 2.99. The molecule has 0 aromatic heterocycles. The van der Waals surface area contributed by atoms with Crippen LogP contribution in [0.3, 0.4) is 0 Å². The molecule has 32 valence electrons. The first-order valence-electron chi connectivity index (χ1n) is 1.49. The minimum Gasteiger partial charge on any atom is -0.551 e. The van der Waals surface area contributed by atoms with E-state index in [1.54, 1.807) is 0 Å². The van der Waals surface area contributed by atoms with Gasteiger partial charge in [0.15, 0.2) is 0 Å². The molecular formula is CH4B2O2S. The maximum Gasteiger partial charge on any atom is 0.324 e. The number of carbonyl (C=O) groups excluding carboxylic acids is 1. The zero-order chi connectivity index (χ0) is 4.99. The Morgan fingerprint density at radius 3 is 2.50 bits per heavy atom. The van der Waals surface area contributed by atoms with Gasteiger partial charge in [-0.05, 0) is 0 Å². The first-order valence-corrected chi connectivity index (χ1v) is 2.12. The minimum absolute atomic E-state index is 0.163. The summed E-state index contributed by atoms with van der Waals surface area (Å²) in [4.78, 5) is 9.88. The Labute approximate surface area is 43.2 Å². The van der Waals surface area contributed by atoms with Gasteiger partial charge in [-0.1, -0.05) is 0 Å². The van der Waals surface area contributed by atoms with E-state index in [0.29, 0.717) is 0 Å². The fraction of sp³-hybridized carbons (Fsp3) is 0. The normalized spacial score (nSPS) is 6.83. The molecule has 0 rings (SSSR count). The average Bonchev–Trinajstić information content (AvgIpc) is 1.65. The third-order valence-corrected chi connectivity index (χ3v) is 0.615. The molecule has 0 radical (unpaired) electrons. The van der Waals surface area contributed by atoms with Crippen molar-refractivity contribution >= 4 is 33.0 Å². The summed E-state index contributed by atoms with van der Waals surface area (Å²) in [5, 5.41) is 0. The predicted molar refractivity (Wildman–Crippen MR) is 31.2 cm³/mol. The monoisotopic (exact) mass is 102 g/mol. The van der Waals surface area contributed by atoms with Crippen LogP contribution in [0.2, 0.25) is 0 Å². The lowest BCUT2D eigenvalue weighted by molar-refractivity contribution is 0.229. The van der Waals surface area contributed by atoms with E-state index in [-0.39, 0.29) is 12.4 Å². The second-order valence-corrected chi connectivity index (χ2v) is 1.05. The third-order valence-electron chi connectivity index (χ3n) is 0.357. The van der Waals surface area contributed by atoms with Gasteiger partial charge in [0.1, 0.15) is 0 Å². The van der Waals surface area contributed by atoms with Crippen molar-refractivity contribution in [1.29, 1.82) is 0 Å². The van der Waals surface area contributed by atoms with Crippen molar-refractivity contribution in [2.45, 2.75) is 0 Å². The van der Waals surface area contributed by atoms with E-state index >= 15 is 0 Å². The molecular weight excluding hydrogens is 97.7 g/mol. The van der Waals surface area contributed by atoms with Gasteiger partial charge in [0.05, 0.1) is 0 Å². The van der Waals surface area contributed by atoms with Gasteiger partial charge in [-0.2, -0.15) is 0 Å². The predicted octanol–water partition coefficient (Wildman–Crippen LogP) is -1.05. The Bertz CT molecular complexity index is 49.5. The van der Waals surface area contributed by atoms with Crippen LogP contribution in [-0.4, -0.2) is 20.5 Å². The van der Waals surface area contributed by atoms with Crippen molar-refractivity contribution in [3.05, 3.63) is 0 Å². The Kier molecular flexibility index (Phi) is 3.13. The van der Waals surface area contributed by atoms with Crippen LogP contribution in [-0.2, 0) is 4.65 Å². The van der Waals surface area contributed by atoms with E-state index in [9.17, 15) is 4.79 Å². The highest BCUT2D eigenvalue weighted by Crippen LogP contribution is 1.73. The first kappa shape index (κ1) is 5.95. The molecule has 0 saturated heterocycles. The van der Waals surface area contributed by atoms with Gasteiger partial charge >= 0.3 is 14.6 Å². The van der Waals surface area contributed by atoms with Crippen LogP contribution < -0.4 is 0 Å². The number of hydrogen-bond acceptors (Lipinski definition) is 3.